The van der Waals surface area contributed by atoms with Gasteiger partial charge in [-0.1, -0.05) is 60.7 Å². The fourth-order valence-corrected chi connectivity index (χ4v) is 3.24. The van der Waals surface area contributed by atoms with E-state index in [1.54, 1.807) is 0 Å². The lowest BCUT2D eigenvalue weighted by Gasteiger charge is -2.14. The maximum absolute atomic E-state index is 5.37. The van der Waals surface area contributed by atoms with E-state index in [4.69, 9.17) is 13.3 Å². The molecular weight excluding hydrogens is 356 g/mol. The zero-order valence-corrected chi connectivity index (χ0v) is 19.7. The van der Waals surface area contributed by atoms with E-state index in [1.165, 1.54) is 11.1 Å². The summed E-state index contributed by atoms with van der Waals surface area (Å²) < 4.78 is 15.3. The van der Waals surface area contributed by atoms with Crippen molar-refractivity contribution < 1.29 is 13.3 Å². The van der Waals surface area contributed by atoms with Crippen LogP contribution in [0.5, 0.6) is 0 Å². The van der Waals surface area contributed by atoms with Crippen LogP contribution in [-0.4, -0.2) is 38.1 Å². The molecule has 2 aromatic rings. The minimum Gasteiger partial charge on any atom is -0.418 e. The first-order valence-corrected chi connectivity index (χ1v) is 13.9. The molecule has 0 unspecified atom stereocenters. The lowest BCUT2D eigenvalue weighted by molar-refractivity contribution is 0.240. The van der Waals surface area contributed by atoms with Gasteiger partial charge in [0.25, 0.3) is 0 Å². The summed E-state index contributed by atoms with van der Waals surface area (Å²) in [5.41, 5.74) is 2.55. The molecular formula is C21H36O3Si2. The second-order valence-corrected chi connectivity index (χ2v) is 11.9. The van der Waals surface area contributed by atoms with Gasteiger partial charge in [-0.2, -0.15) is 0 Å². The van der Waals surface area contributed by atoms with Gasteiger partial charge in [0.1, 0.15) is 0 Å². The first-order valence-electron chi connectivity index (χ1n) is 9.34. The molecule has 0 spiro atoms. The van der Waals surface area contributed by atoms with Gasteiger partial charge < -0.3 is 13.3 Å². The van der Waals surface area contributed by atoms with E-state index >= 15 is 0 Å². The summed E-state index contributed by atoms with van der Waals surface area (Å²) in [7, 11) is -1.75. The van der Waals surface area contributed by atoms with Gasteiger partial charge in [-0.25, -0.2) is 0 Å². The molecule has 0 aliphatic carbocycles. The number of rotatable bonds is 7. The van der Waals surface area contributed by atoms with Gasteiger partial charge in [-0.3, -0.25) is 0 Å². The van der Waals surface area contributed by atoms with E-state index in [9.17, 15) is 0 Å². The minimum absolute atomic E-state index is 0.589. The average Bonchev–Trinajstić information content (AvgIpc) is 2.64. The molecule has 0 bridgehead atoms. The first-order chi connectivity index (χ1) is 12.4. The molecule has 5 heteroatoms. The SMILES string of the molecule is CCO[SiH2]OCC.CCO[Si](C)(C)C.c1ccc(-c2ccccc2)cc1. The minimum atomic E-state index is -1.16. The van der Waals surface area contributed by atoms with Crippen molar-refractivity contribution in [2.45, 2.75) is 40.4 Å². The Kier molecular flexibility index (Phi) is 15.2. The predicted molar refractivity (Wildman–Crippen MR) is 119 cm³/mol. The molecule has 0 aromatic heterocycles. The van der Waals surface area contributed by atoms with Gasteiger partial charge in [0.2, 0.25) is 0 Å². The summed E-state index contributed by atoms with van der Waals surface area (Å²) >= 11 is 0. The van der Waals surface area contributed by atoms with Crippen LogP contribution < -0.4 is 0 Å². The van der Waals surface area contributed by atoms with Crippen molar-refractivity contribution in [2.75, 3.05) is 19.8 Å². The first kappa shape index (κ1) is 24.8. The standard InChI is InChI=1S/C12H10.C5H14OSi.C4H12O2Si/c1-3-7-11(8-4-1)12-9-5-2-6-10-12;1-5-6-7(2,3)4;1-3-5-7-6-4-2/h1-10H;5H2,1-4H3;3-4,7H2,1-2H3. The zero-order chi connectivity index (χ0) is 19.7. The summed E-state index contributed by atoms with van der Waals surface area (Å²) in [5.74, 6) is 0. The van der Waals surface area contributed by atoms with Crippen molar-refractivity contribution in [2.24, 2.45) is 0 Å². The third-order valence-corrected chi connectivity index (χ3v) is 5.34. The summed E-state index contributed by atoms with van der Waals surface area (Å²) in [4.78, 5) is 0. The summed E-state index contributed by atoms with van der Waals surface area (Å²) in [6.07, 6.45) is 0. The van der Waals surface area contributed by atoms with Crippen LogP contribution in [0.3, 0.4) is 0 Å². The maximum Gasteiger partial charge on any atom is 0.304 e. The largest absolute Gasteiger partial charge is 0.418 e. The molecule has 2 rings (SSSR count). The molecule has 0 aliphatic rings. The van der Waals surface area contributed by atoms with Crippen molar-refractivity contribution in [3.8, 4) is 11.1 Å². The van der Waals surface area contributed by atoms with Crippen LogP contribution in [-0.2, 0) is 13.3 Å². The Labute approximate surface area is 163 Å². The molecule has 2 aromatic carbocycles. The lowest BCUT2D eigenvalue weighted by Crippen LogP contribution is -2.24. The van der Waals surface area contributed by atoms with Crippen molar-refractivity contribution in [1.82, 2.24) is 0 Å². The molecule has 3 nitrogen and oxygen atoms in total. The van der Waals surface area contributed by atoms with Gasteiger partial charge in [0, 0.05) is 19.8 Å². The van der Waals surface area contributed by atoms with Gasteiger partial charge in [-0.05, 0) is 51.5 Å². The van der Waals surface area contributed by atoms with Crippen molar-refractivity contribution in [3.05, 3.63) is 60.7 Å². The molecule has 0 saturated carbocycles. The van der Waals surface area contributed by atoms with Gasteiger partial charge >= 0.3 is 10.0 Å². The van der Waals surface area contributed by atoms with Crippen LogP contribution in [0.4, 0.5) is 0 Å². The summed E-state index contributed by atoms with van der Waals surface area (Å²) in [6.45, 7) is 15.0. The molecule has 26 heavy (non-hydrogen) atoms. The third kappa shape index (κ3) is 15.0. The predicted octanol–water partition coefficient (Wildman–Crippen LogP) is 5.27. The van der Waals surface area contributed by atoms with E-state index in [-0.39, 0.29) is 0 Å². The van der Waals surface area contributed by atoms with E-state index in [2.05, 4.69) is 68.2 Å². The monoisotopic (exact) mass is 392 g/mol. The number of benzene rings is 2. The molecule has 0 N–H and O–H groups in total. The van der Waals surface area contributed by atoms with Crippen LogP contribution in [0.2, 0.25) is 19.6 Å². The van der Waals surface area contributed by atoms with E-state index < -0.39 is 18.3 Å². The third-order valence-electron chi connectivity index (χ3n) is 3.03. The highest BCUT2D eigenvalue weighted by atomic mass is 28.4. The Hall–Kier alpha value is -1.25. The van der Waals surface area contributed by atoms with Crippen LogP contribution in [0.15, 0.2) is 60.7 Å². The highest BCUT2D eigenvalue weighted by Gasteiger charge is 2.11. The maximum atomic E-state index is 5.37. The van der Waals surface area contributed by atoms with E-state index in [1.807, 2.05) is 32.9 Å². The summed E-state index contributed by atoms with van der Waals surface area (Å²) in [5, 5.41) is 0. The Bertz CT molecular complexity index is 486. The second kappa shape index (κ2) is 16.0. The quantitative estimate of drug-likeness (QED) is 0.474. The summed E-state index contributed by atoms with van der Waals surface area (Å²) in [6, 6.07) is 20.8. The zero-order valence-electron chi connectivity index (χ0n) is 17.3. The van der Waals surface area contributed by atoms with Gasteiger partial charge in [0.15, 0.2) is 8.32 Å². The molecule has 0 amide bonds. The Morgan fingerprint density at radius 3 is 1.27 bits per heavy atom. The van der Waals surface area contributed by atoms with Crippen LogP contribution in [0.1, 0.15) is 20.8 Å². The second-order valence-electron chi connectivity index (χ2n) is 6.38. The van der Waals surface area contributed by atoms with E-state index in [0.717, 1.165) is 19.8 Å². The normalized spacial score (nSPS) is 10.2. The highest BCUT2D eigenvalue weighted by Crippen LogP contribution is 2.17. The van der Waals surface area contributed by atoms with Gasteiger partial charge in [-0.15, -0.1) is 0 Å². The Morgan fingerprint density at radius 2 is 1.04 bits per heavy atom. The smallest absolute Gasteiger partial charge is 0.304 e. The molecule has 0 radical (unpaired) electrons. The average molecular weight is 393 g/mol. The van der Waals surface area contributed by atoms with Crippen LogP contribution in [0.25, 0.3) is 11.1 Å². The van der Waals surface area contributed by atoms with Gasteiger partial charge in [0.05, 0.1) is 0 Å². The molecule has 0 fully saturated rings. The number of hydrogen-bond acceptors (Lipinski definition) is 3. The molecule has 0 atom stereocenters. The number of hydrogen-bond donors (Lipinski definition) is 0. The fraction of sp³-hybridized carbons (Fsp3) is 0.429. The molecule has 146 valence electrons. The van der Waals surface area contributed by atoms with Crippen LogP contribution >= 0.6 is 0 Å². The molecule has 0 heterocycles. The topological polar surface area (TPSA) is 27.7 Å². The Balaban J connectivity index is 0.000000390. The van der Waals surface area contributed by atoms with Crippen molar-refractivity contribution in [1.29, 1.82) is 0 Å². The molecule has 0 saturated heterocycles. The van der Waals surface area contributed by atoms with Crippen LogP contribution in [0, 0.1) is 0 Å². The van der Waals surface area contributed by atoms with Crippen molar-refractivity contribution >= 4 is 18.3 Å². The van der Waals surface area contributed by atoms with E-state index in [0.29, 0.717) is 0 Å². The Morgan fingerprint density at radius 1 is 0.654 bits per heavy atom. The highest BCUT2D eigenvalue weighted by molar-refractivity contribution is 6.69. The lowest BCUT2D eigenvalue weighted by atomic mass is 10.1. The molecule has 0 aliphatic heterocycles. The fourth-order valence-electron chi connectivity index (χ4n) is 1.92. The van der Waals surface area contributed by atoms with Crippen molar-refractivity contribution in [3.63, 3.8) is 0 Å².